The topological polar surface area (TPSA) is 75.0 Å². The van der Waals surface area contributed by atoms with Crippen molar-refractivity contribution in [2.24, 2.45) is 0 Å². The van der Waals surface area contributed by atoms with E-state index in [1.165, 1.54) is 5.56 Å². The van der Waals surface area contributed by atoms with Crippen LogP contribution in [0.25, 0.3) is 11.1 Å². The summed E-state index contributed by atoms with van der Waals surface area (Å²) in [5, 5.41) is 10.3. The molecule has 1 fully saturated rings. The molecule has 0 bridgehead atoms. The van der Waals surface area contributed by atoms with Crippen LogP contribution >= 0.6 is 0 Å². The van der Waals surface area contributed by atoms with Gasteiger partial charge >= 0.3 is 0 Å². The van der Waals surface area contributed by atoms with Crippen molar-refractivity contribution in [3.63, 3.8) is 0 Å². The molecule has 2 aromatic heterocycles. The van der Waals surface area contributed by atoms with Gasteiger partial charge < -0.3 is 20.4 Å². The van der Waals surface area contributed by atoms with E-state index in [1.807, 2.05) is 24.4 Å². The maximum Gasteiger partial charge on any atom is 0.229 e. The van der Waals surface area contributed by atoms with E-state index >= 15 is 0 Å². The van der Waals surface area contributed by atoms with Gasteiger partial charge in [0.25, 0.3) is 0 Å². The summed E-state index contributed by atoms with van der Waals surface area (Å²) in [6.07, 6.45) is 7.40. The normalized spacial score (nSPS) is 15.0. The monoisotopic (exact) mass is 349 g/mol. The van der Waals surface area contributed by atoms with E-state index in [-0.39, 0.29) is 0 Å². The van der Waals surface area contributed by atoms with Gasteiger partial charge in [-0.3, -0.25) is 0 Å². The highest BCUT2D eigenvalue weighted by molar-refractivity contribution is 5.75. The molecule has 3 N–H and O–H groups in total. The predicted octanol–water partition coefficient (Wildman–Crippen LogP) is 3.95. The highest BCUT2D eigenvalue weighted by atomic mass is 16.3. The van der Waals surface area contributed by atoms with Crippen molar-refractivity contribution in [2.45, 2.75) is 25.8 Å². The van der Waals surface area contributed by atoms with Gasteiger partial charge in [0.05, 0.1) is 12.5 Å². The van der Waals surface area contributed by atoms with Gasteiger partial charge in [0.15, 0.2) is 0 Å². The lowest BCUT2D eigenvalue weighted by atomic mass is 10.1. The van der Waals surface area contributed by atoms with E-state index < -0.39 is 0 Å². The minimum absolute atomic E-state index is 0.406. The summed E-state index contributed by atoms with van der Waals surface area (Å²) in [5.74, 6) is 1.42. The number of nitrogens with one attached hydrogen (secondary N) is 3. The standard InChI is InChI=1S/C20H23N5O/c1-14-3-2-4-17(11-14)24-20-22-12-18(15-7-10-26-13-15)19(25-20)23-16-5-8-21-9-6-16/h2-4,7,10-13,16,21H,5-6,8-9H2,1H3,(H2,22,23,24,25). The number of aryl methyl sites for hydroxylation is 1. The van der Waals surface area contributed by atoms with Gasteiger partial charge in [0, 0.05) is 29.1 Å². The summed E-state index contributed by atoms with van der Waals surface area (Å²) in [4.78, 5) is 9.25. The molecular formula is C20H23N5O. The van der Waals surface area contributed by atoms with Gasteiger partial charge in [-0.1, -0.05) is 12.1 Å². The van der Waals surface area contributed by atoms with Crippen molar-refractivity contribution in [1.29, 1.82) is 0 Å². The molecule has 0 aliphatic carbocycles. The minimum Gasteiger partial charge on any atom is -0.472 e. The SMILES string of the molecule is Cc1cccc(Nc2ncc(-c3ccoc3)c(NC3CCNCC3)n2)c1. The number of hydrogen-bond acceptors (Lipinski definition) is 6. The first kappa shape index (κ1) is 16.6. The average Bonchev–Trinajstić information content (AvgIpc) is 3.17. The van der Waals surface area contributed by atoms with E-state index in [9.17, 15) is 0 Å². The van der Waals surface area contributed by atoms with Crippen LogP contribution in [0.1, 0.15) is 18.4 Å². The van der Waals surface area contributed by atoms with E-state index in [1.54, 1.807) is 12.5 Å². The van der Waals surface area contributed by atoms with Gasteiger partial charge in [0.2, 0.25) is 5.95 Å². The third kappa shape index (κ3) is 3.86. The lowest BCUT2D eigenvalue weighted by Gasteiger charge is -2.25. The minimum atomic E-state index is 0.406. The van der Waals surface area contributed by atoms with Crippen LogP contribution in [0.5, 0.6) is 0 Å². The first-order valence-electron chi connectivity index (χ1n) is 8.98. The molecule has 1 aromatic carbocycles. The zero-order valence-electron chi connectivity index (χ0n) is 14.8. The Balaban J connectivity index is 1.63. The summed E-state index contributed by atoms with van der Waals surface area (Å²) in [5.41, 5.74) is 4.10. The third-order valence-corrected chi connectivity index (χ3v) is 4.58. The molecule has 4 rings (SSSR count). The molecule has 1 aliphatic rings. The number of anilines is 3. The molecule has 1 aliphatic heterocycles. The molecule has 26 heavy (non-hydrogen) atoms. The third-order valence-electron chi connectivity index (χ3n) is 4.58. The number of piperidine rings is 1. The van der Waals surface area contributed by atoms with Crippen LogP contribution in [0.3, 0.4) is 0 Å². The van der Waals surface area contributed by atoms with E-state index in [0.717, 1.165) is 48.6 Å². The second-order valence-electron chi connectivity index (χ2n) is 6.63. The van der Waals surface area contributed by atoms with Crippen LogP contribution in [0, 0.1) is 6.92 Å². The van der Waals surface area contributed by atoms with Crippen molar-refractivity contribution in [2.75, 3.05) is 23.7 Å². The lowest BCUT2D eigenvalue weighted by molar-refractivity contribution is 0.478. The summed E-state index contributed by atoms with van der Waals surface area (Å²) in [7, 11) is 0. The molecule has 134 valence electrons. The summed E-state index contributed by atoms with van der Waals surface area (Å²) >= 11 is 0. The van der Waals surface area contributed by atoms with Crippen molar-refractivity contribution >= 4 is 17.5 Å². The van der Waals surface area contributed by atoms with E-state index in [4.69, 9.17) is 9.40 Å². The summed E-state index contributed by atoms with van der Waals surface area (Å²) in [6.45, 7) is 4.12. The zero-order chi connectivity index (χ0) is 17.8. The average molecular weight is 349 g/mol. The highest BCUT2D eigenvalue weighted by Crippen LogP contribution is 2.29. The van der Waals surface area contributed by atoms with Crippen LogP contribution in [0.4, 0.5) is 17.5 Å². The fourth-order valence-corrected chi connectivity index (χ4v) is 3.19. The van der Waals surface area contributed by atoms with Crippen LogP contribution in [-0.2, 0) is 0 Å². The smallest absolute Gasteiger partial charge is 0.229 e. The first-order chi connectivity index (χ1) is 12.8. The largest absolute Gasteiger partial charge is 0.472 e. The fraction of sp³-hybridized carbons (Fsp3) is 0.300. The fourth-order valence-electron chi connectivity index (χ4n) is 3.19. The Morgan fingerprint density at radius 2 is 2.08 bits per heavy atom. The quantitative estimate of drug-likeness (QED) is 0.647. The van der Waals surface area contributed by atoms with Crippen LogP contribution in [0.15, 0.2) is 53.5 Å². The first-order valence-corrected chi connectivity index (χ1v) is 8.98. The number of furan rings is 1. The highest BCUT2D eigenvalue weighted by Gasteiger charge is 2.17. The lowest BCUT2D eigenvalue weighted by Crippen LogP contribution is -2.35. The van der Waals surface area contributed by atoms with Gasteiger partial charge in [-0.15, -0.1) is 0 Å². The maximum atomic E-state index is 5.24. The molecule has 0 radical (unpaired) electrons. The van der Waals surface area contributed by atoms with Crippen molar-refractivity contribution in [3.8, 4) is 11.1 Å². The molecule has 3 aromatic rings. The summed E-state index contributed by atoms with van der Waals surface area (Å²) < 4.78 is 5.24. The molecule has 6 heteroatoms. The van der Waals surface area contributed by atoms with Gasteiger partial charge in [-0.2, -0.15) is 4.98 Å². The van der Waals surface area contributed by atoms with E-state index in [2.05, 4.69) is 40.0 Å². The molecule has 0 spiro atoms. The Labute approximate surface area is 153 Å². The number of rotatable bonds is 5. The maximum absolute atomic E-state index is 5.24. The second-order valence-corrected chi connectivity index (χ2v) is 6.63. The summed E-state index contributed by atoms with van der Waals surface area (Å²) in [6, 6.07) is 10.5. The number of nitrogens with zero attached hydrogens (tertiary/aromatic N) is 2. The molecule has 0 saturated carbocycles. The number of aromatic nitrogens is 2. The van der Waals surface area contributed by atoms with Gasteiger partial charge in [0.1, 0.15) is 5.82 Å². The number of hydrogen-bond donors (Lipinski definition) is 3. The molecule has 0 amide bonds. The molecule has 0 atom stereocenters. The Kier molecular flexibility index (Phi) is 4.84. The Morgan fingerprint density at radius 3 is 2.85 bits per heavy atom. The van der Waals surface area contributed by atoms with Crippen LogP contribution in [0.2, 0.25) is 0 Å². The molecule has 0 unspecified atom stereocenters. The Hall–Kier alpha value is -2.86. The van der Waals surface area contributed by atoms with Crippen molar-refractivity contribution in [3.05, 3.63) is 54.6 Å². The van der Waals surface area contributed by atoms with Crippen LogP contribution < -0.4 is 16.0 Å². The second kappa shape index (κ2) is 7.58. The Morgan fingerprint density at radius 1 is 1.19 bits per heavy atom. The molecule has 1 saturated heterocycles. The van der Waals surface area contributed by atoms with E-state index in [0.29, 0.717) is 12.0 Å². The zero-order valence-corrected chi connectivity index (χ0v) is 14.8. The van der Waals surface area contributed by atoms with Crippen molar-refractivity contribution < 1.29 is 4.42 Å². The Bertz CT molecular complexity index is 856. The van der Waals surface area contributed by atoms with Crippen LogP contribution in [-0.4, -0.2) is 29.1 Å². The van der Waals surface area contributed by atoms with Gasteiger partial charge in [-0.05, 0) is 56.6 Å². The molecule has 3 heterocycles. The predicted molar refractivity (Wildman–Crippen MR) is 104 cm³/mol. The van der Waals surface area contributed by atoms with Gasteiger partial charge in [-0.25, -0.2) is 4.98 Å². The molecule has 6 nitrogen and oxygen atoms in total. The van der Waals surface area contributed by atoms with Crippen molar-refractivity contribution in [1.82, 2.24) is 15.3 Å². The molecular weight excluding hydrogens is 326 g/mol. The number of benzene rings is 1.